The van der Waals surface area contributed by atoms with Gasteiger partial charge in [-0.25, -0.2) is 0 Å². The molecule has 0 amide bonds. The van der Waals surface area contributed by atoms with Crippen LogP contribution < -0.4 is 0 Å². The quantitative estimate of drug-likeness (QED) is 0.470. The van der Waals surface area contributed by atoms with E-state index in [1.54, 1.807) is 45.0 Å². The number of esters is 1. The maximum atomic E-state index is 13.0. The van der Waals surface area contributed by atoms with Crippen molar-refractivity contribution < 1.29 is 19.1 Å². The summed E-state index contributed by atoms with van der Waals surface area (Å²) >= 11 is 1.31. The Labute approximate surface area is 150 Å². The fraction of sp³-hybridized carbons (Fsp3) is 0.350. The third-order valence-electron chi connectivity index (χ3n) is 4.23. The molecule has 1 heterocycles. The second-order valence-electron chi connectivity index (χ2n) is 7.33. The first-order chi connectivity index (χ1) is 11.7. The Morgan fingerprint density at radius 3 is 2.44 bits per heavy atom. The molecule has 1 unspecified atom stereocenters. The molecule has 1 atom stereocenters. The number of ether oxygens (including phenoxy) is 1. The van der Waals surface area contributed by atoms with Crippen LogP contribution in [0.2, 0.25) is 0 Å². The number of ketones is 2. The summed E-state index contributed by atoms with van der Waals surface area (Å²) in [4.78, 5) is 39.3. The summed E-state index contributed by atoms with van der Waals surface area (Å²) in [6.45, 7) is 5.27. The highest BCUT2D eigenvalue weighted by atomic mass is 32.1. The number of thiophene rings is 1. The van der Waals surface area contributed by atoms with E-state index in [4.69, 9.17) is 4.74 Å². The lowest BCUT2D eigenvalue weighted by molar-refractivity contribution is -0.164. The van der Waals surface area contributed by atoms with Crippen LogP contribution in [-0.2, 0) is 16.0 Å². The minimum Gasteiger partial charge on any atom is -0.459 e. The first kappa shape index (κ1) is 17.5. The van der Waals surface area contributed by atoms with E-state index in [2.05, 4.69) is 0 Å². The van der Waals surface area contributed by atoms with E-state index < -0.39 is 17.0 Å². The Hall–Kier alpha value is -2.27. The predicted molar refractivity (Wildman–Crippen MR) is 96.0 cm³/mol. The molecule has 0 bridgehead atoms. The molecule has 0 fully saturated rings. The Morgan fingerprint density at radius 1 is 1.16 bits per heavy atom. The summed E-state index contributed by atoms with van der Waals surface area (Å²) in [7, 11) is 0. The number of carbonyl (C=O) groups is 3. The number of hydrogen-bond acceptors (Lipinski definition) is 5. The molecule has 2 aromatic rings. The summed E-state index contributed by atoms with van der Waals surface area (Å²) in [5, 5.41) is 1.83. The normalized spacial score (nSPS) is 19.6. The summed E-state index contributed by atoms with van der Waals surface area (Å²) in [5.41, 5.74) is -0.867. The summed E-state index contributed by atoms with van der Waals surface area (Å²) in [6, 6.07) is 10.6. The molecule has 0 saturated heterocycles. The SMILES string of the molecule is CC(C)(C)OC(=O)C1(CC(=O)c2ccccc2)Cc2ccsc2C1=O. The molecule has 25 heavy (non-hydrogen) atoms. The molecule has 4 nitrogen and oxygen atoms in total. The summed E-state index contributed by atoms with van der Waals surface area (Å²) in [6.07, 6.45) is 0.0459. The zero-order chi connectivity index (χ0) is 18.2. The van der Waals surface area contributed by atoms with E-state index in [0.717, 1.165) is 5.56 Å². The van der Waals surface area contributed by atoms with Gasteiger partial charge in [-0.3, -0.25) is 14.4 Å². The third kappa shape index (κ3) is 3.29. The zero-order valence-electron chi connectivity index (χ0n) is 14.5. The Bertz CT molecular complexity index is 829. The van der Waals surface area contributed by atoms with Gasteiger partial charge in [0.25, 0.3) is 0 Å². The molecule has 0 radical (unpaired) electrons. The largest absolute Gasteiger partial charge is 0.459 e. The Kier molecular flexibility index (Phi) is 4.37. The van der Waals surface area contributed by atoms with Crippen LogP contribution in [0.4, 0.5) is 0 Å². The number of hydrogen-bond donors (Lipinski definition) is 0. The Balaban J connectivity index is 1.96. The van der Waals surface area contributed by atoms with Crippen LogP contribution in [0.25, 0.3) is 0 Å². The second kappa shape index (κ2) is 6.23. The van der Waals surface area contributed by atoms with E-state index in [1.165, 1.54) is 11.3 Å². The van der Waals surface area contributed by atoms with E-state index in [0.29, 0.717) is 10.4 Å². The first-order valence-electron chi connectivity index (χ1n) is 8.16. The van der Waals surface area contributed by atoms with Gasteiger partial charge in [-0.15, -0.1) is 11.3 Å². The highest BCUT2D eigenvalue weighted by Crippen LogP contribution is 2.44. The van der Waals surface area contributed by atoms with Gasteiger partial charge < -0.3 is 4.74 Å². The van der Waals surface area contributed by atoms with Crippen LogP contribution in [0.15, 0.2) is 41.8 Å². The molecular formula is C20H20O4S. The van der Waals surface area contributed by atoms with Gasteiger partial charge in [-0.2, -0.15) is 0 Å². The van der Waals surface area contributed by atoms with Crippen LogP contribution >= 0.6 is 11.3 Å². The van der Waals surface area contributed by atoms with Crippen LogP contribution in [0.1, 0.15) is 52.8 Å². The topological polar surface area (TPSA) is 60.4 Å². The van der Waals surface area contributed by atoms with Gasteiger partial charge in [0.1, 0.15) is 11.0 Å². The lowest BCUT2D eigenvalue weighted by Crippen LogP contribution is -2.43. The lowest BCUT2D eigenvalue weighted by atomic mass is 9.78. The van der Waals surface area contributed by atoms with Crippen molar-refractivity contribution in [1.29, 1.82) is 0 Å². The molecule has 1 aliphatic carbocycles. The molecule has 3 rings (SSSR count). The molecule has 0 spiro atoms. The van der Waals surface area contributed by atoms with Crippen molar-refractivity contribution >= 4 is 28.9 Å². The standard InChI is InChI=1S/C20H20O4S/c1-19(2,3)24-18(23)20(11-14-9-10-25-16(14)17(20)22)12-15(21)13-7-5-4-6-8-13/h4-10H,11-12H2,1-3H3. The van der Waals surface area contributed by atoms with Crippen LogP contribution in [0.3, 0.4) is 0 Å². The number of benzene rings is 1. The average molecular weight is 356 g/mol. The molecular weight excluding hydrogens is 336 g/mol. The predicted octanol–water partition coefficient (Wildman–Crippen LogP) is 4.09. The summed E-state index contributed by atoms with van der Waals surface area (Å²) < 4.78 is 5.53. The van der Waals surface area contributed by atoms with Gasteiger partial charge in [0, 0.05) is 12.0 Å². The van der Waals surface area contributed by atoms with Gasteiger partial charge in [-0.05, 0) is 44.2 Å². The van der Waals surface area contributed by atoms with E-state index in [-0.39, 0.29) is 24.4 Å². The fourth-order valence-electron chi connectivity index (χ4n) is 3.05. The van der Waals surface area contributed by atoms with Crippen molar-refractivity contribution in [3.63, 3.8) is 0 Å². The van der Waals surface area contributed by atoms with Crippen molar-refractivity contribution in [2.24, 2.45) is 5.41 Å². The number of carbonyl (C=O) groups excluding carboxylic acids is 3. The van der Waals surface area contributed by atoms with Crippen LogP contribution in [0.5, 0.6) is 0 Å². The third-order valence-corrected chi connectivity index (χ3v) is 5.18. The molecule has 1 aliphatic rings. The number of rotatable bonds is 4. The smallest absolute Gasteiger partial charge is 0.321 e. The molecule has 0 aliphatic heterocycles. The molecule has 0 N–H and O–H groups in total. The van der Waals surface area contributed by atoms with Gasteiger partial charge in [0.05, 0.1) is 4.88 Å². The second-order valence-corrected chi connectivity index (χ2v) is 8.25. The zero-order valence-corrected chi connectivity index (χ0v) is 15.3. The molecule has 5 heteroatoms. The molecule has 1 aromatic carbocycles. The Morgan fingerprint density at radius 2 is 1.84 bits per heavy atom. The van der Waals surface area contributed by atoms with E-state index in [9.17, 15) is 14.4 Å². The van der Waals surface area contributed by atoms with Crippen molar-refractivity contribution in [1.82, 2.24) is 0 Å². The van der Waals surface area contributed by atoms with Crippen molar-refractivity contribution in [2.45, 2.75) is 39.2 Å². The van der Waals surface area contributed by atoms with E-state index in [1.807, 2.05) is 17.5 Å². The minimum atomic E-state index is -1.46. The molecule has 1 aromatic heterocycles. The maximum absolute atomic E-state index is 13.0. The fourth-order valence-corrected chi connectivity index (χ4v) is 4.02. The maximum Gasteiger partial charge on any atom is 0.321 e. The van der Waals surface area contributed by atoms with Gasteiger partial charge in [-0.1, -0.05) is 30.3 Å². The number of fused-ring (bicyclic) bond motifs is 1. The summed E-state index contributed by atoms with van der Waals surface area (Å²) in [5.74, 6) is -1.14. The van der Waals surface area contributed by atoms with Crippen molar-refractivity contribution in [3.8, 4) is 0 Å². The van der Waals surface area contributed by atoms with Crippen LogP contribution in [-0.4, -0.2) is 23.1 Å². The van der Waals surface area contributed by atoms with Gasteiger partial charge in [0.2, 0.25) is 0 Å². The van der Waals surface area contributed by atoms with Gasteiger partial charge >= 0.3 is 5.97 Å². The van der Waals surface area contributed by atoms with E-state index >= 15 is 0 Å². The monoisotopic (exact) mass is 356 g/mol. The lowest BCUT2D eigenvalue weighted by Gasteiger charge is -2.29. The first-order valence-corrected chi connectivity index (χ1v) is 9.04. The molecule has 130 valence electrons. The van der Waals surface area contributed by atoms with Gasteiger partial charge in [0.15, 0.2) is 11.6 Å². The highest BCUT2D eigenvalue weighted by Gasteiger charge is 2.55. The molecule has 0 saturated carbocycles. The van der Waals surface area contributed by atoms with Crippen molar-refractivity contribution in [2.75, 3.05) is 0 Å². The van der Waals surface area contributed by atoms with Crippen molar-refractivity contribution in [3.05, 3.63) is 57.8 Å². The van der Waals surface area contributed by atoms with Crippen LogP contribution in [0, 0.1) is 5.41 Å². The highest BCUT2D eigenvalue weighted by molar-refractivity contribution is 7.12. The average Bonchev–Trinajstić information content (AvgIpc) is 3.09. The minimum absolute atomic E-state index is 0.174. The number of Topliss-reactive ketones (excluding diaryl/α,β-unsaturated/α-hetero) is 2.